The number of amides is 2. The second-order valence-electron chi connectivity index (χ2n) is 6.33. The smallest absolute Gasteiger partial charge is 0.255 e. The Labute approximate surface area is 163 Å². The van der Waals surface area contributed by atoms with E-state index in [0.29, 0.717) is 22.0 Å². The van der Waals surface area contributed by atoms with Crippen LogP contribution in [-0.4, -0.2) is 16.4 Å². The molecule has 2 N–H and O–H groups in total. The SMILES string of the molecule is CC(=O)Nc1ccc(NC(=O)c2ccc(-n3c(C)ccc3C)cc2)cc1Cl. The first-order valence-corrected chi connectivity index (χ1v) is 8.87. The molecule has 138 valence electrons. The first kappa shape index (κ1) is 18.7. The molecular formula is C21H20ClN3O2. The average molecular weight is 382 g/mol. The zero-order valence-corrected chi connectivity index (χ0v) is 16.1. The molecule has 0 unspecified atom stereocenters. The molecule has 0 aliphatic rings. The van der Waals surface area contributed by atoms with Gasteiger partial charge in [0.25, 0.3) is 5.91 Å². The third-order valence-electron chi connectivity index (χ3n) is 4.20. The van der Waals surface area contributed by atoms with Crippen LogP contribution in [0.4, 0.5) is 11.4 Å². The minimum atomic E-state index is -0.231. The standard InChI is InChI=1S/C21H20ClN3O2/c1-13-4-5-14(2)25(13)18-9-6-16(7-10-18)21(27)24-17-8-11-20(19(22)12-17)23-15(3)26/h4-12H,1-3H3,(H,23,26)(H,24,27). The highest BCUT2D eigenvalue weighted by Crippen LogP contribution is 2.26. The maximum Gasteiger partial charge on any atom is 0.255 e. The number of nitrogens with one attached hydrogen (secondary N) is 2. The Hall–Kier alpha value is -3.05. The van der Waals surface area contributed by atoms with Crippen LogP contribution in [0.5, 0.6) is 0 Å². The number of hydrogen-bond acceptors (Lipinski definition) is 2. The van der Waals surface area contributed by atoms with Crippen LogP contribution in [0, 0.1) is 13.8 Å². The number of aromatic nitrogens is 1. The van der Waals surface area contributed by atoms with Crippen molar-refractivity contribution in [2.45, 2.75) is 20.8 Å². The Morgan fingerprint density at radius 1 is 0.889 bits per heavy atom. The van der Waals surface area contributed by atoms with Gasteiger partial charge in [0, 0.05) is 35.2 Å². The van der Waals surface area contributed by atoms with Crippen LogP contribution >= 0.6 is 11.6 Å². The van der Waals surface area contributed by atoms with E-state index in [4.69, 9.17) is 11.6 Å². The molecule has 6 heteroatoms. The number of carbonyl (C=O) groups is 2. The first-order chi connectivity index (χ1) is 12.8. The molecule has 0 bridgehead atoms. The Morgan fingerprint density at radius 3 is 2.07 bits per heavy atom. The van der Waals surface area contributed by atoms with Gasteiger partial charge in [-0.2, -0.15) is 0 Å². The van der Waals surface area contributed by atoms with E-state index in [1.54, 1.807) is 30.3 Å². The number of hydrogen-bond donors (Lipinski definition) is 2. The Bertz CT molecular complexity index is 987. The molecule has 5 nitrogen and oxygen atoms in total. The fraction of sp³-hybridized carbons (Fsp3) is 0.143. The summed E-state index contributed by atoms with van der Waals surface area (Å²) in [5.41, 5.74) is 4.89. The Kier molecular flexibility index (Phi) is 5.33. The summed E-state index contributed by atoms with van der Waals surface area (Å²) in [4.78, 5) is 23.6. The summed E-state index contributed by atoms with van der Waals surface area (Å²) in [7, 11) is 0. The highest BCUT2D eigenvalue weighted by molar-refractivity contribution is 6.34. The van der Waals surface area contributed by atoms with Crippen molar-refractivity contribution in [2.24, 2.45) is 0 Å². The highest BCUT2D eigenvalue weighted by atomic mass is 35.5. The predicted molar refractivity (Wildman–Crippen MR) is 109 cm³/mol. The summed E-state index contributed by atoms with van der Waals surface area (Å²) in [5.74, 6) is -0.437. The number of halogens is 1. The van der Waals surface area contributed by atoms with Crippen molar-refractivity contribution in [2.75, 3.05) is 10.6 Å². The van der Waals surface area contributed by atoms with Gasteiger partial charge in [-0.1, -0.05) is 11.6 Å². The topological polar surface area (TPSA) is 63.1 Å². The predicted octanol–water partition coefficient (Wildman–Crippen LogP) is 4.96. The van der Waals surface area contributed by atoms with Gasteiger partial charge in [-0.15, -0.1) is 0 Å². The molecule has 3 aromatic rings. The van der Waals surface area contributed by atoms with E-state index in [1.165, 1.54) is 6.92 Å². The third kappa shape index (κ3) is 4.20. The zero-order valence-electron chi connectivity index (χ0n) is 15.3. The van der Waals surface area contributed by atoms with Gasteiger partial charge in [0.2, 0.25) is 5.91 Å². The van der Waals surface area contributed by atoms with Crippen molar-refractivity contribution < 1.29 is 9.59 Å². The van der Waals surface area contributed by atoms with Crippen LogP contribution in [-0.2, 0) is 4.79 Å². The molecule has 0 saturated heterocycles. The van der Waals surface area contributed by atoms with Crippen molar-refractivity contribution in [1.82, 2.24) is 4.57 Å². The lowest BCUT2D eigenvalue weighted by Gasteiger charge is -2.11. The molecule has 0 aliphatic carbocycles. The number of nitrogens with zero attached hydrogens (tertiary/aromatic N) is 1. The van der Waals surface area contributed by atoms with Gasteiger partial charge < -0.3 is 15.2 Å². The molecule has 2 amide bonds. The van der Waals surface area contributed by atoms with Crippen molar-refractivity contribution in [3.8, 4) is 5.69 Å². The lowest BCUT2D eigenvalue weighted by molar-refractivity contribution is -0.114. The van der Waals surface area contributed by atoms with Crippen LogP contribution in [0.2, 0.25) is 5.02 Å². The lowest BCUT2D eigenvalue weighted by Crippen LogP contribution is -2.12. The van der Waals surface area contributed by atoms with E-state index in [9.17, 15) is 9.59 Å². The van der Waals surface area contributed by atoms with Crippen LogP contribution in [0.3, 0.4) is 0 Å². The Morgan fingerprint density at radius 2 is 1.52 bits per heavy atom. The van der Waals surface area contributed by atoms with E-state index in [1.807, 2.05) is 26.0 Å². The average Bonchev–Trinajstić information content (AvgIpc) is 2.96. The molecular weight excluding hydrogens is 362 g/mol. The molecule has 0 atom stereocenters. The fourth-order valence-electron chi connectivity index (χ4n) is 2.92. The second kappa shape index (κ2) is 7.68. The Balaban J connectivity index is 1.75. The third-order valence-corrected chi connectivity index (χ3v) is 4.51. The van der Waals surface area contributed by atoms with Crippen LogP contribution in [0.25, 0.3) is 5.69 Å². The van der Waals surface area contributed by atoms with Crippen LogP contribution in [0.15, 0.2) is 54.6 Å². The number of carbonyl (C=O) groups excluding carboxylic acids is 2. The zero-order chi connectivity index (χ0) is 19.6. The largest absolute Gasteiger partial charge is 0.325 e. The monoisotopic (exact) mass is 381 g/mol. The van der Waals surface area contributed by atoms with E-state index >= 15 is 0 Å². The van der Waals surface area contributed by atoms with Crippen molar-refractivity contribution in [3.05, 3.63) is 76.6 Å². The van der Waals surface area contributed by atoms with Gasteiger partial charge in [-0.05, 0) is 68.4 Å². The van der Waals surface area contributed by atoms with Gasteiger partial charge in [-0.3, -0.25) is 9.59 Å². The minimum absolute atomic E-state index is 0.207. The molecule has 3 rings (SSSR count). The lowest BCUT2D eigenvalue weighted by atomic mass is 10.1. The van der Waals surface area contributed by atoms with Crippen molar-refractivity contribution >= 4 is 34.8 Å². The van der Waals surface area contributed by atoms with Gasteiger partial charge in [0.15, 0.2) is 0 Å². The molecule has 0 saturated carbocycles. The van der Waals surface area contributed by atoms with Gasteiger partial charge in [-0.25, -0.2) is 0 Å². The summed E-state index contributed by atoms with van der Waals surface area (Å²) in [6.07, 6.45) is 0. The number of anilines is 2. The van der Waals surface area contributed by atoms with Crippen LogP contribution in [0.1, 0.15) is 28.7 Å². The molecule has 1 aromatic heterocycles. The quantitative estimate of drug-likeness (QED) is 0.671. The molecule has 27 heavy (non-hydrogen) atoms. The molecule has 0 spiro atoms. The number of rotatable bonds is 4. The van der Waals surface area contributed by atoms with Crippen LogP contribution < -0.4 is 10.6 Å². The minimum Gasteiger partial charge on any atom is -0.325 e. The van der Waals surface area contributed by atoms with E-state index in [-0.39, 0.29) is 11.8 Å². The maximum atomic E-state index is 12.5. The molecule has 2 aromatic carbocycles. The summed E-state index contributed by atoms with van der Waals surface area (Å²) in [6, 6.07) is 16.5. The summed E-state index contributed by atoms with van der Waals surface area (Å²) < 4.78 is 2.13. The summed E-state index contributed by atoms with van der Waals surface area (Å²) in [5, 5.41) is 5.80. The summed E-state index contributed by atoms with van der Waals surface area (Å²) >= 11 is 6.14. The molecule has 1 heterocycles. The first-order valence-electron chi connectivity index (χ1n) is 8.49. The van der Waals surface area contributed by atoms with Crippen molar-refractivity contribution in [3.63, 3.8) is 0 Å². The van der Waals surface area contributed by atoms with Gasteiger partial charge in [0.05, 0.1) is 10.7 Å². The van der Waals surface area contributed by atoms with E-state index in [2.05, 4.69) is 27.3 Å². The number of benzene rings is 2. The summed E-state index contributed by atoms with van der Waals surface area (Å²) in [6.45, 7) is 5.50. The maximum absolute atomic E-state index is 12.5. The number of aryl methyl sites for hydroxylation is 2. The van der Waals surface area contributed by atoms with Crippen molar-refractivity contribution in [1.29, 1.82) is 0 Å². The normalized spacial score (nSPS) is 10.5. The van der Waals surface area contributed by atoms with Gasteiger partial charge in [0.1, 0.15) is 0 Å². The van der Waals surface area contributed by atoms with E-state index < -0.39 is 0 Å². The molecule has 0 radical (unpaired) electrons. The second-order valence-corrected chi connectivity index (χ2v) is 6.74. The molecule has 0 fully saturated rings. The van der Waals surface area contributed by atoms with E-state index in [0.717, 1.165) is 17.1 Å². The highest BCUT2D eigenvalue weighted by Gasteiger charge is 2.10. The van der Waals surface area contributed by atoms with Gasteiger partial charge >= 0.3 is 0 Å². The molecule has 0 aliphatic heterocycles. The fourth-order valence-corrected chi connectivity index (χ4v) is 3.15.